The van der Waals surface area contributed by atoms with Gasteiger partial charge in [-0.15, -0.1) is 0 Å². The number of methoxy groups -OCH3 is 1. The molecular formula is C4H10N2O2. The maximum absolute atomic E-state index is 10.4. The third kappa shape index (κ3) is 1.90. The summed E-state index contributed by atoms with van der Waals surface area (Å²) in [4.78, 5) is 10.4. The van der Waals surface area contributed by atoms with Crippen molar-refractivity contribution in [1.82, 2.24) is 5.43 Å². The highest BCUT2D eigenvalue weighted by atomic mass is 16.5. The van der Waals surface area contributed by atoms with Gasteiger partial charge in [0.15, 0.2) is 0 Å². The van der Waals surface area contributed by atoms with Crippen molar-refractivity contribution in [3.8, 4) is 0 Å². The summed E-state index contributed by atoms with van der Waals surface area (Å²) < 4.78 is 4.32. The minimum absolute atomic E-state index is 0.354. The second-order valence-electron chi connectivity index (χ2n) is 1.41. The zero-order chi connectivity index (χ0) is 6.57. The van der Waals surface area contributed by atoms with Gasteiger partial charge in [-0.25, -0.2) is 5.43 Å². The molecule has 0 aromatic heterocycles. The molecule has 48 valence electrons. The van der Waals surface area contributed by atoms with E-state index in [9.17, 15) is 4.79 Å². The molecule has 0 aliphatic rings. The fraction of sp³-hybridized carbons (Fsp3) is 0.750. The van der Waals surface area contributed by atoms with Crippen LogP contribution in [0.5, 0.6) is 0 Å². The molecule has 4 heteroatoms. The number of ether oxygens (including phenoxy) is 1. The summed E-state index contributed by atoms with van der Waals surface area (Å²) in [7, 11) is 1.32. The van der Waals surface area contributed by atoms with Crippen molar-refractivity contribution in [3.63, 3.8) is 0 Å². The van der Waals surface area contributed by atoms with Crippen LogP contribution in [0.15, 0.2) is 0 Å². The highest BCUT2D eigenvalue weighted by Crippen LogP contribution is 1.80. The van der Waals surface area contributed by atoms with E-state index in [-0.39, 0.29) is 5.97 Å². The van der Waals surface area contributed by atoms with Crippen molar-refractivity contribution in [2.24, 2.45) is 5.84 Å². The van der Waals surface area contributed by atoms with Gasteiger partial charge in [0, 0.05) is 0 Å². The standard InChI is InChI=1S/C4H10N2O2/c1-3(6-5)4(7)8-2/h3,6H,5H2,1-2H3/t3-/m1/s1. The van der Waals surface area contributed by atoms with Gasteiger partial charge in [0.1, 0.15) is 6.04 Å². The summed E-state index contributed by atoms with van der Waals surface area (Å²) in [5.41, 5.74) is 2.24. The van der Waals surface area contributed by atoms with Crippen molar-refractivity contribution in [3.05, 3.63) is 0 Å². The van der Waals surface area contributed by atoms with Gasteiger partial charge in [0.25, 0.3) is 0 Å². The number of carbonyl (C=O) groups excluding carboxylic acids is 1. The molecule has 0 saturated carbocycles. The molecule has 0 spiro atoms. The largest absolute Gasteiger partial charge is 0.468 e. The SMILES string of the molecule is COC(=O)[C@@H](C)NN. The molecule has 0 aromatic rings. The van der Waals surface area contributed by atoms with E-state index < -0.39 is 6.04 Å². The molecule has 0 aliphatic carbocycles. The Morgan fingerprint density at radius 2 is 2.38 bits per heavy atom. The summed E-state index contributed by atoms with van der Waals surface area (Å²) in [6.45, 7) is 1.62. The van der Waals surface area contributed by atoms with Crippen LogP contribution < -0.4 is 11.3 Å². The lowest BCUT2D eigenvalue weighted by Crippen LogP contribution is -2.39. The Labute approximate surface area is 48.0 Å². The first kappa shape index (κ1) is 7.39. The van der Waals surface area contributed by atoms with Gasteiger partial charge in [0.05, 0.1) is 7.11 Å². The fourth-order valence-corrected chi connectivity index (χ4v) is 0.245. The average molecular weight is 118 g/mol. The van der Waals surface area contributed by atoms with Gasteiger partial charge in [-0.05, 0) is 6.92 Å². The van der Waals surface area contributed by atoms with E-state index in [4.69, 9.17) is 5.84 Å². The van der Waals surface area contributed by atoms with E-state index in [1.165, 1.54) is 7.11 Å². The van der Waals surface area contributed by atoms with Crippen LogP contribution in [0.1, 0.15) is 6.92 Å². The predicted octanol–water partition coefficient (Wildman–Crippen LogP) is -0.989. The Balaban J connectivity index is 3.46. The molecule has 0 saturated heterocycles. The van der Waals surface area contributed by atoms with Gasteiger partial charge in [-0.1, -0.05) is 0 Å². The Kier molecular flexibility index (Phi) is 3.14. The van der Waals surface area contributed by atoms with Crippen molar-refractivity contribution in [2.45, 2.75) is 13.0 Å². The van der Waals surface area contributed by atoms with Crippen LogP contribution >= 0.6 is 0 Å². The zero-order valence-electron chi connectivity index (χ0n) is 4.97. The van der Waals surface area contributed by atoms with Crippen LogP contribution in [0.2, 0.25) is 0 Å². The fourth-order valence-electron chi connectivity index (χ4n) is 0.245. The quantitative estimate of drug-likeness (QED) is 0.277. The molecule has 0 aliphatic heterocycles. The average Bonchev–Trinajstić information content (AvgIpc) is 1.84. The molecule has 8 heavy (non-hydrogen) atoms. The monoisotopic (exact) mass is 118 g/mol. The minimum atomic E-state index is -0.417. The van der Waals surface area contributed by atoms with Crippen molar-refractivity contribution in [2.75, 3.05) is 7.11 Å². The van der Waals surface area contributed by atoms with E-state index in [0.29, 0.717) is 0 Å². The van der Waals surface area contributed by atoms with E-state index in [2.05, 4.69) is 10.2 Å². The molecule has 1 atom stereocenters. The van der Waals surface area contributed by atoms with Crippen molar-refractivity contribution < 1.29 is 9.53 Å². The molecule has 0 radical (unpaired) electrons. The predicted molar refractivity (Wildman–Crippen MR) is 28.8 cm³/mol. The molecule has 3 N–H and O–H groups in total. The number of esters is 1. The summed E-state index contributed by atoms with van der Waals surface area (Å²) in [6.07, 6.45) is 0. The number of hydrazine groups is 1. The van der Waals surface area contributed by atoms with Crippen molar-refractivity contribution in [1.29, 1.82) is 0 Å². The van der Waals surface area contributed by atoms with Crippen LogP contribution in [-0.4, -0.2) is 19.1 Å². The first-order valence-electron chi connectivity index (χ1n) is 2.26. The molecule has 4 nitrogen and oxygen atoms in total. The Bertz CT molecular complexity index is 84.1. The minimum Gasteiger partial charge on any atom is -0.468 e. The molecular weight excluding hydrogens is 108 g/mol. The molecule has 0 rings (SSSR count). The smallest absolute Gasteiger partial charge is 0.323 e. The van der Waals surface area contributed by atoms with Crippen LogP contribution in [-0.2, 0) is 9.53 Å². The lowest BCUT2D eigenvalue weighted by molar-refractivity contribution is -0.142. The molecule has 0 amide bonds. The molecule has 0 bridgehead atoms. The highest BCUT2D eigenvalue weighted by Gasteiger charge is 2.08. The van der Waals surface area contributed by atoms with Crippen LogP contribution in [0.3, 0.4) is 0 Å². The first-order chi connectivity index (χ1) is 3.72. The van der Waals surface area contributed by atoms with Crippen LogP contribution in [0, 0.1) is 0 Å². The first-order valence-corrected chi connectivity index (χ1v) is 2.26. The summed E-state index contributed by atoms with van der Waals surface area (Å²) in [5, 5.41) is 0. The molecule has 0 aromatic carbocycles. The van der Waals surface area contributed by atoms with Gasteiger partial charge in [0.2, 0.25) is 0 Å². The number of carbonyl (C=O) groups is 1. The Morgan fingerprint density at radius 3 is 2.50 bits per heavy atom. The summed E-state index contributed by atoms with van der Waals surface area (Å²) in [5.74, 6) is 4.54. The lowest BCUT2D eigenvalue weighted by atomic mass is 10.4. The van der Waals surface area contributed by atoms with E-state index >= 15 is 0 Å². The maximum atomic E-state index is 10.4. The van der Waals surface area contributed by atoms with Gasteiger partial charge < -0.3 is 4.74 Å². The van der Waals surface area contributed by atoms with E-state index in [1.54, 1.807) is 6.92 Å². The lowest BCUT2D eigenvalue weighted by Gasteiger charge is -2.04. The number of hydrogen-bond acceptors (Lipinski definition) is 4. The summed E-state index contributed by atoms with van der Waals surface area (Å²) in [6, 6.07) is -0.417. The van der Waals surface area contributed by atoms with Gasteiger partial charge in [-0.2, -0.15) is 0 Å². The van der Waals surface area contributed by atoms with Crippen LogP contribution in [0.25, 0.3) is 0 Å². The third-order valence-electron chi connectivity index (χ3n) is 0.805. The highest BCUT2D eigenvalue weighted by molar-refractivity contribution is 5.74. The molecule has 0 unspecified atom stereocenters. The van der Waals surface area contributed by atoms with Gasteiger partial charge >= 0.3 is 5.97 Å². The Morgan fingerprint density at radius 1 is 1.88 bits per heavy atom. The second kappa shape index (κ2) is 3.40. The Hall–Kier alpha value is -0.610. The topological polar surface area (TPSA) is 64.3 Å². The van der Waals surface area contributed by atoms with Crippen LogP contribution in [0.4, 0.5) is 0 Å². The zero-order valence-corrected chi connectivity index (χ0v) is 4.97. The number of nitrogens with one attached hydrogen (secondary N) is 1. The number of hydrogen-bond donors (Lipinski definition) is 2. The molecule has 0 heterocycles. The number of rotatable bonds is 2. The summed E-state index contributed by atoms with van der Waals surface area (Å²) >= 11 is 0. The van der Waals surface area contributed by atoms with E-state index in [0.717, 1.165) is 0 Å². The number of nitrogens with two attached hydrogens (primary N) is 1. The molecule has 0 fully saturated rings. The third-order valence-corrected chi connectivity index (χ3v) is 0.805. The normalized spacial score (nSPS) is 12.9. The van der Waals surface area contributed by atoms with Gasteiger partial charge in [-0.3, -0.25) is 10.6 Å². The second-order valence-corrected chi connectivity index (χ2v) is 1.41. The maximum Gasteiger partial charge on any atom is 0.323 e. The van der Waals surface area contributed by atoms with Crippen molar-refractivity contribution >= 4 is 5.97 Å². The van der Waals surface area contributed by atoms with E-state index in [1.807, 2.05) is 0 Å².